The lowest BCUT2D eigenvalue weighted by molar-refractivity contribution is -0.127. The number of nitrogens with zero attached hydrogens (tertiary/aromatic N) is 4. The number of hydrogen-bond acceptors (Lipinski definition) is 5. The normalized spacial score (nSPS) is 15.1. The third kappa shape index (κ3) is 6.11. The van der Waals surface area contributed by atoms with Crippen LogP contribution < -0.4 is 5.32 Å². The van der Waals surface area contributed by atoms with E-state index in [0.717, 1.165) is 22.4 Å². The smallest absolute Gasteiger partial charge is 0.411 e. The quantitative estimate of drug-likeness (QED) is 0.572. The number of nitrogens with one attached hydrogen (secondary N) is 1. The van der Waals surface area contributed by atoms with Crippen molar-refractivity contribution in [3.8, 4) is 6.07 Å². The molecule has 0 unspecified atom stereocenters. The van der Waals surface area contributed by atoms with Gasteiger partial charge < -0.3 is 14.6 Å². The monoisotopic (exact) mass is 485 g/mol. The Morgan fingerprint density at radius 1 is 1.14 bits per heavy atom. The molecule has 1 aromatic heterocycles. The van der Waals surface area contributed by atoms with E-state index >= 15 is 0 Å². The fraction of sp³-hybridized carbons (Fsp3) is 0.357. The number of rotatable bonds is 6. The fourth-order valence-corrected chi connectivity index (χ4v) is 4.28. The number of carbonyl (C=O) groups is 2. The minimum absolute atomic E-state index is 0.200. The van der Waals surface area contributed by atoms with Gasteiger partial charge in [0.1, 0.15) is 11.6 Å². The third-order valence-corrected chi connectivity index (χ3v) is 6.09. The molecule has 3 aromatic rings. The second-order valence-electron chi connectivity index (χ2n) is 9.96. The Morgan fingerprint density at radius 3 is 2.56 bits per heavy atom. The van der Waals surface area contributed by atoms with Gasteiger partial charge >= 0.3 is 6.09 Å². The minimum atomic E-state index is -0.650. The molecule has 2 aromatic carbocycles. The lowest BCUT2D eigenvalue weighted by Crippen LogP contribution is -2.53. The molecule has 1 atom stereocenters. The van der Waals surface area contributed by atoms with Crippen LogP contribution in [-0.4, -0.2) is 44.6 Å². The van der Waals surface area contributed by atoms with E-state index in [9.17, 15) is 9.59 Å². The van der Waals surface area contributed by atoms with Crippen molar-refractivity contribution in [2.45, 2.75) is 58.3 Å². The number of nitriles is 1. The van der Waals surface area contributed by atoms with Gasteiger partial charge in [0.2, 0.25) is 5.91 Å². The molecule has 0 aliphatic carbocycles. The maximum Gasteiger partial charge on any atom is 0.411 e. The second kappa shape index (κ2) is 10.6. The van der Waals surface area contributed by atoms with Crippen LogP contribution in [0.4, 0.5) is 4.79 Å². The van der Waals surface area contributed by atoms with Crippen LogP contribution in [0, 0.1) is 11.3 Å². The molecule has 4 rings (SSSR count). The fourth-order valence-electron chi connectivity index (χ4n) is 4.28. The summed E-state index contributed by atoms with van der Waals surface area (Å²) in [5, 5.41) is 12.0. The number of hydrogen-bond donors (Lipinski definition) is 1. The van der Waals surface area contributed by atoms with Crippen LogP contribution >= 0.6 is 0 Å². The first-order chi connectivity index (χ1) is 17.2. The van der Waals surface area contributed by atoms with Gasteiger partial charge in [0, 0.05) is 37.8 Å². The Labute approximate surface area is 211 Å². The zero-order valence-corrected chi connectivity index (χ0v) is 20.9. The summed E-state index contributed by atoms with van der Waals surface area (Å²) < 4.78 is 7.63. The lowest BCUT2D eigenvalue weighted by atomic mass is 9.94. The van der Waals surface area contributed by atoms with Gasteiger partial charge in [-0.15, -0.1) is 0 Å². The van der Waals surface area contributed by atoms with Gasteiger partial charge in [-0.1, -0.05) is 36.4 Å². The number of carbonyl (C=O) groups excluding carboxylic acids is 2. The molecule has 2 heterocycles. The van der Waals surface area contributed by atoms with Crippen molar-refractivity contribution in [2.24, 2.45) is 0 Å². The highest BCUT2D eigenvalue weighted by Crippen LogP contribution is 2.25. The average Bonchev–Trinajstić information content (AvgIpc) is 3.29. The van der Waals surface area contributed by atoms with E-state index in [1.54, 1.807) is 24.7 Å². The van der Waals surface area contributed by atoms with Gasteiger partial charge in [-0.05, 0) is 49.6 Å². The molecule has 186 valence electrons. The largest absolute Gasteiger partial charge is 0.444 e. The van der Waals surface area contributed by atoms with Crippen molar-refractivity contribution < 1.29 is 14.3 Å². The topological polar surface area (TPSA) is 100 Å². The summed E-state index contributed by atoms with van der Waals surface area (Å²) in [4.78, 5) is 32.0. The zero-order valence-electron chi connectivity index (χ0n) is 20.9. The van der Waals surface area contributed by atoms with Gasteiger partial charge in [0.15, 0.2) is 0 Å². The van der Waals surface area contributed by atoms with E-state index in [0.29, 0.717) is 38.0 Å². The van der Waals surface area contributed by atoms with Gasteiger partial charge in [-0.25, -0.2) is 9.78 Å². The molecule has 0 bridgehead atoms. The first-order valence-electron chi connectivity index (χ1n) is 12.1. The first kappa shape index (κ1) is 25.0. The van der Waals surface area contributed by atoms with E-state index in [-0.39, 0.29) is 5.91 Å². The van der Waals surface area contributed by atoms with Crippen LogP contribution in [-0.2, 0) is 35.5 Å². The highest BCUT2D eigenvalue weighted by atomic mass is 16.6. The molecular weight excluding hydrogens is 454 g/mol. The molecule has 0 saturated heterocycles. The molecule has 8 nitrogen and oxygen atoms in total. The summed E-state index contributed by atoms with van der Waals surface area (Å²) in [5.41, 5.74) is 4.11. The Morgan fingerprint density at radius 2 is 1.86 bits per heavy atom. The maximum absolute atomic E-state index is 13.2. The van der Waals surface area contributed by atoms with Gasteiger partial charge in [-0.2, -0.15) is 5.26 Å². The van der Waals surface area contributed by atoms with E-state index in [1.165, 1.54) is 4.90 Å². The molecule has 0 radical (unpaired) electrons. The molecule has 36 heavy (non-hydrogen) atoms. The van der Waals surface area contributed by atoms with Crippen LogP contribution in [0.15, 0.2) is 61.1 Å². The van der Waals surface area contributed by atoms with Gasteiger partial charge in [0.05, 0.1) is 24.5 Å². The van der Waals surface area contributed by atoms with Crippen molar-refractivity contribution in [2.75, 3.05) is 6.54 Å². The number of aromatic nitrogens is 2. The Hall–Kier alpha value is -4.12. The van der Waals surface area contributed by atoms with Crippen LogP contribution in [0.25, 0.3) is 0 Å². The van der Waals surface area contributed by atoms with Crippen LogP contribution in [0.2, 0.25) is 0 Å². The SMILES string of the molecule is CC(C)(C)OC(=O)N1Cc2ccccc2C[C@H]1C(=O)NCCc1cncn1Cc1ccc(C#N)cc1. The molecule has 0 fully saturated rings. The van der Waals surface area contributed by atoms with Crippen LogP contribution in [0.3, 0.4) is 0 Å². The summed E-state index contributed by atoms with van der Waals surface area (Å²) in [7, 11) is 0. The number of amides is 2. The minimum Gasteiger partial charge on any atom is -0.444 e. The summed E-state index contributed by atoms with van der Waals surface area (Å²) in [6.45, 7) is 6.83. The van der Waals surface area contributed by atoms with Crippen molar-refractivity contribution in [3.63, 3.8) is 0 Å². The van der Waals surface area contributed by atoms with Crippen molar-refractivity contribution in [3.05, 3.63) is 89.0 Å². The summed E-state index contributed by atoms with van der Waals surface area (Å²) >= 11 is 0. The van der Waals surface area contributed by atoms with Crippen molar-refractivity contribution in [1.82, 2.24) is 19.8 Å². The highest BCUT2D eigenvalue weighted by molar-refractivity contribution is 5.86. The van der Waals surface area contributed by atoms with Gasteiger partial charge in [-0.3, -0.25) is 9.69 Å². The highest BCUT2D eigenvalue weighted by Gasteiger charge is 2.36. The molecular formula is C28H31N5O3. The van der Waals surface area contributed by atoms with Crippen LogP contribution in [0.5, 0.6) is 0 Å². The molecule has 1 N–H and O–H groups in total. The molecule has 8 heteroatoms. The molecule has 0 spiro atoms. The number of fused-ring (bicyclic) bond motifs is 1. The second-order valence-corrected chi connectivity index (χ2v) is 9.96. The Kier molecular flexibility index (Phi) is 7.39. The number of benzene rings is 2. The van der Waals surface area contributed by atoms with E-state index in [1.807, 2.05) is 61.7 Å². The lowest BCUT2D eigenvalue weighted by Gasteiger charge is -2.36. The molecule has 2 amide bonds. The standard InChI is InChI=1S/C28H31N5O3/c1-28(2,3)36-27(35)33-18-23-7-5-4-6-22(23)14-25(33)26(34)31-13-12-24-16-30-19-32(24)17-21-10-8-20(15-29)9-11-21/h4-11,16,19,25H,12-14,17-18H2,1-3H3,(H,31,34)/t25-/m0/s1. The Bertz CT molecular complexity index is 1270. The third-order valence-electron chi connectivity index (χ3n) is 6.09. The van der Waals surface area contributed by atoms with E-state index < -0.39 is 17.7 Å². The predicted molar refractivity (Wildman–Crippen MR) is 135 cm³/mol. The first-order valence-corrected chi connectivity index (χ1v) is 12.1. The maximum atomic E-state index is 13.2. The molecule has 0 saturated carbocycles. The molecule has 1 aliphatic heterocycles. The van der Waals surface area contributed by atoms with E-state index in [2.05, 4.69) is 16.4 Å². The van der Waals surface area contributed by atoms with Crippen molar-refractivity contribution >= 4 is 12.0 Å². The summed E-state index contributed by atoms with van der Waals surface area (Å²) in [5.74, 6) is -0.200. The van der Waals surface area contributed by atoms with E-state index in [4.69, 9.17) is 10.00 Å². The molecule has 1 aliphatic rings. The number of imidazole rings is 1. The van der Waals surface area contributed by atoms with Gasteiger partial charge in [0.25, 0.3) is 0 Å². The van der Waals surface area contributed by atoms with Crippen molar-refractivity contribution in [1.29, 1.82) is 5.26 Å². The zero-order chi connectivity index (χ0) is 25.7. The summed E-state index contributed by atoms with van der Waals surface area (Å²) in [6.07, 6.45) is 4.10. The predicted octanol–water partition coefficient (Wildman–Crippen LogP) is 3.82. The summed E-state index contributed by atoms with van der Waals surface area (Å²) in [6, 6.07) is 16.8. The Balaban J connectivity index is 1.40. The number of ether oxygens (including phenoxy) is 1. The van der Waals surface area contributed by atoms with Crippen LogP contribution in [0.1, 0.15) is 48.7 Å². The average molecular weight is 486 g/mol.